The van der Waals surface area contributed by atoms with Crippen LogP contribution < -0.4 is 15.8 Å². The van der Waals surface area contributed by atoms with Gasteiger partial charge in [-0.2, -0.15) is 0 Å². The summed E-state index contributed by atoms with van der Waals surface area (Å²) in [4.78, 5) is 20.2. The summed E-state index contributed by atoms with van der Waals surface area (Å²) in [6.07, 6.45) is 3.36. The van der Waals surface area contributed by atoms with Gasteiger partial charge in [0.1, 0.15) is 17.2 Å². The maximum absolute atomic E-state index is 13.5. The maximum atomic E-state index is 13.5. The average Bonchev–Trinajstić information content (AvgIpc) is 2.45. The molecule has 2 heterocycles. The van der Waals surface area contributed by atoms with E-state index in [-0.39, 0.29) is 23.4 Å². The van der Waals surface area contributed by atoms with E-state index < -0.39 is 11.5 Å². The molecule has 1 aliphatic rings. The second-order valence-corrected chi connectivity index (χ2v) is 6.06. The third kappa shape index (κ3) is 3.08. The second kappa shape index (κ2) is 5.49. The first-order chi connectivity index (χ1) is 10.9. The van der Waals surface area contributed by atoms with Gasteiger partial charge in [0.15, 0.2) is 11.5 Å². The van der Waals surface area contributed by atoms with Gasteiger partial charge in [0.05, 0.1) is 6.04 Å². The molecule has 3 rings (SSSR count). The van der Waals surface area contributed by atoms with Crippen molar-refractivity contribution in [3.05, 3.63) is 47.7 Å². The molecule has 6 nitrogen and oxygen atoms in total. The van der Waals surface area contributed by atoms with Gasteiger partial charge in [-0.15, -0.1) is 0 Å². The van der Waals surface area contributed by atoms with E-state index in [1.165, 1.54) is 24.5 Å². The molecular weight excluding hydrogens is 299 g/mol. The van der Waals surface area contributed by atoms with Gasteiger partial charge in [-0.1, -0.05) is 6.07 Å². The van der Waals surface area contributed by atoms with Crippen LogP contribution in [0, 0.1) is 5.82 Å². The molecule has 2 aromatic rings. The number of hydrogen-bond acceptors (Lipinski definition) is 5. The fourth-order valence-corrected chi connectivity index (χ4v) is 2.70. The van der Waals surface area contributed by atoms with Crippen LogP contribution in [-0.4, -0.2) is 21.5 Å². The monoisotopic (exact) mass is 316 g/mol. The molecule has 0 saturated heterocycles. The number of fused-ring (bicyclic) bond motifs is 1. The van der Waals surface area contributed by atoms with Gasteiger partial charge >= 0.3 is 0 Å². The molecular formula is C16H17FN4O2. The Hall–Kier alpha value is -2.70. The summed E-state index contributed by atoms with van der Waals surface area (Å²) in [6.45, 7) is 3.77. The predicted molar refractivity (Wildman–Crippen MR) is 82.4 cm³/mol. The minimum Gasteiger partial charge on any atom is -0.487 e. The van der Waals surface area contributed by atoms with E-state index in [1.807, 2.05) is 13.8 Å². The number of nitrogens with one attached hydrogen (secondary N) is 1. The number of amides is 1. The zero-order chi connectivity index (χ0) is 16.6. The molecule has 0 saturated carbocycles. The summed E-state index contributed by atoms with van der Waals surface area (Å²) in [6, 6.07) is 3.95. The summed E-state index contributed by atoms with van der Waals surface area (Å²) in [5.41, 5.74) is 5.94. The van der Waals surface area contributed by atoms with Gasteiger partial charge in [-0.05, 0) is 19.9 Å². The van der Waals surface area contributed by atoms with Gasteiger partial charge in [0, 0.05) is 30.4 Å². The van der Waals surface area contributed by atoms with Crippen molar-refractivity contribution < 1.29 is 13.9 Å². The molecule has 0 bridgehead atoms. The third-order valence-electron chi connectivity index (χ3n) is 3.68. The zero-order valence-corrected chi connectivity index (χ0v) is 12.8. The van der Waals surface area contributed by atoms with Crippen molar-refractivity contribution >= 4 is 11.7 Å². The summed E-state index contributed by atoms with van der Waals surface area (Å²) in [7, 11) is 0. The molecule has 3 N–H and O–H groups in total. The molecule has 1 aliphatic heterocycles. The molecule has 7 heteroatoms. The smallest absolute Gasteiger partial charge is 0.274 e. The van der Waals surface area contributed by atoms with Crippen molar-refractivity contribution in [2.24, 2.45) is 0 Å². The van der Waals surface area contributed by atoms with E-state index in [4.69, 9.17) is 10.5 Å². The normalized spacial score (nSPS) is 18.7. The summed E-state index contributed by atoms with van der Waals surface area (Å²) >= 11 is 0. The lowest BCUT2D eigenvalue weighted by Crippen LogP contribution is -2.41. The Labute approximate surface area is 132 Å². The minimum absolute atomic E-state index is 0.0654. The Bertz CT molecular complexity index is 763. The number of hydrogen-bond donors (Lipinski definition) is 2. The van der Waals surface area contributed by atoms with E-state index in [0.29, 0.717) is 12.2 Å². The molecule has 1 unspecified atom stereocenters. The number of ether oxygens (including phenoxy) is 1. The number of benzene rings is 1. The van der Waals surface area contributed by atoms with E-state index in [1.54, 1.807) is 6.07 Å². The van der Waals surface area contributed by atoms with E-state index >= 15 is 0 Å². The highest BCUT2D eigenvalue weighted by Gasteiger charge is 2.35. The van der Waals surface area contributed by atoms with Crippen molar-refractivity contribution in [1.82, 2.24) is 15.3 Å². The quantitative estimate of drug-likeness (QED) is 0.886. The zero-order valence-electron chi connectivity index (χ0n) is 12.8. The lowest BCUT2D eigenvalue weighted by Gasteiger charge is -2.37. The number of nitrogens with two attached hydrogens (primary N) is 1. The molecule has 0 radical (unpaired) electrons. The maximum Gasteiger partial charge on any atom is 0.274 e. The van der Waals surface area contributed by atoms with Crippen LogP contribution in [0.25, 0.3) is 0 Å². The molecule has 120 valence electrons. The first-order valence-electron chi connectivity index (χ1n) is 7.21. The largest absolute Gasteiger partial charge is 0.487 e. The number of carbonyl (C=O) groups excluding carboxylic acids is 1. The van der Waals surface area contributed by atoms with Gasteiger partial charge in [-0.3, -0.25) is 4.79 Å². The molecule has 1 aromatic heterocycles. The van der Waals surface area contributed by atoms with E-state index in [0.717, 1.165) is 5.56 Å². The molecule has 0 fully saturated rings. The highest BCUT2D eigenvalue weighted by molar-refractivity contribution is 5.96. The number of carbonyl (C=O) groups is 1. The van der Waals surface area contributed by atoms with Crippen molar-refractivity contribution in [3.8, 4) is 5.75 Å². The van der Waals surface area contributed by atoms with Crippen molar-refractivity contribution in [1.29, 1.82) is 0 Å². The standard InChI is InChI=1S/C16H17FN4O2/c1-16(2)8-11(10-4-3-9(17)7-12(10)23-16)21-15(22)13-14(18)20-6-5-19-13/h3-7,11H,8H2,1-2H3,(H2,18,20)(H,21,22). The third-order valence-corrected chi connectivity index (χ3v) is 3.68. The Morgan fingerprint density at radius 1 is 1.39 bits per heavy atom. The first-order valence-corrected chi connectivity index (χ1v) is 7.21. The van der Waals surface area contributed by atoms with Crippen LogP contribution in [0.4, 0.5) is 10.2 Å². The Morgan fingerprint density at radius 3 is 2.87 bits per heavy atom. The topological polar surface area (TPSA) is 90.1 Å². The average molecular weight is 316 g/mol. The summed E-state index contributed by atoms with van der Waals surface area (Å²) in [5.74, 6) is -0.312. The van der Waals surface area contributed by atoms with Crippen molar-refractivity contribution in [2.45, 2.75) is 31.9 Å². The highest BCUT2D eigenvalue weighted by Crippen LogP contribution is 2.39. The van der Waals surface area contributed by atoms with Crippen molar-refractivity contribution in [3.63, 3.8) is 0 Å². The SMILES string of the molecule is CC1(C)CC(NC(=O)c2nccnc2N)c2ccc(F)cc2O1. The lowest BCUT2D eigenvalue weighted by molar-refractivity contribution is 0.0615. The van der Waals surface area contributed by atoms with Gasteiger partial charge in [0.2, 0.25) is 0 Å². The van der Waals surface area contributed by atoms with Crippen LogP contribution in [0.15, 0.2) is 30.6 Å². The summed E-state index contributed by atoms with van der Waals surface area (Å²) in [5, 5.41) is 2.88. The molecule has 1 aromatic carbocycles. The number of aromatic nitrogens is 2. The Kier molecular flexibility index (Phi) is 3.63. The second-order valence-electron chi connectivity index (χ2n) is 6.06. The number of rotatable bonds is 2. The van der Waals surface area contributed by atoms with E-state index in [2.05, 4.69) is 15.3 Å². The molecule has 1 atom stereocenters. The molecule has 0 spiro atoms. The fourth-order valence-electron chi connectivity index (χ4n) is 2.70. The first kappa shape index (κ1) is 15.2. The Morgan fingerprint density at radius 2 is 2.13 bits per heavy atom. The molecule has 1 amide bonds. The highest BCUT2D eigenvalue weighted by atomic mass is 19.1. The fraction of sp³-hybridized carbons (Fsp3) is 0.312. The van der Waals surface area contributed by atoms with E-state index in [9.17, 15) is 9.18 Å². The lowest BCUT2D eigenvalue weighted by atomic mass is 9.89. The van der Waals surface area contributed by atoms with Crippen LogP contribution in [0.2, 0.25) is 0 Å². The van der Waals surface area contributed by atoms with Gasteiger partial charge in [0.25, 0.3) is 5.91 Å². The van der Waals surface area contributed by atoms with Crippen LogP contribution in [0.3, 0.4) is 0 Å². The number of anilines is 1. The minimum atomic E-state index is -0.535. The predicted octanol–water partition coefficient (Wildman–Crippen LogP) is 2.23. The van der Waals surface area contributed by atoms with Crippen LogP contribution in [-0.2, 0) is 0 Å². The van der Waals surface area contributed by atoms with Crippen LogP contribution in [0.1, 0.15) is 42.4 Å². The van der Waals surface area contributed by atoms with Crippen LogP contribution in [0.5, 0.6) is 5.75 Å². The van der Waals surface area contributed by atoms with Crippen LogP contribution >= 0.6 is 0 Å². The number of halogens is 1. The van der Waals surface area contributed by atoms with Crippen molar-refractivity contribution in [2.75, 3.05) is 5.73 Å². The Balaban J connectivity index is 1.91. The molecule has 23 heavy (non-hydrogen) atoms. The number of nitrogens with zero attached hydrogens (tertiary/aromatic N) is 2. The summed E-state index contributed by atoms with van der Waals surface area (Å²) < 4.78 is 19.2. The number of nitrogen functional groups attached to an aromatic ring is 1. The van der Waals surface area contributed by atoms with Gasteiger partial charge in [-0.25, -0.2) is 14.4 Å². The molecule has 0 aliphatic carbocycles. The van der Waals surface area contributed by atoms with Gasteiger partial charge < -0.3 is 15.8 Å².